The molecule has 0 saturated carbocycles. The Hall–Kier alpha value is -3.56. The molecule has 0 fully saturated rings. The van der Waals surface area contributed by atoms with E-state index in [-0.39, 0.29) is 43.9 Å². The van der Waals surface area contributed by atoms with E-state index in [1.165, 1.54) is 0 Å². The van der Waals surface area contributed by atoms with Gasteiger partial charge in [-0.15, -0.1) is 0 Å². The van der Waals surface area contributed by atoms with Crippen molar-refractivity contribution in [3.63, 3.8) is 0 Å². The highest BCUT2D eigenvalue weighted by atomic mass is 16.6. The molecule has 0 aliphatic rings. The van der Waals surface area contributed by atoms with Crippen molar-refractivity contribution in [2.75, 3.05) is 19.8 Å². The van der Waals surface area contributed by atoms with E-state index >= 15 is 0 Å². The number of carboxylic acids is 1. The molecule has 2 rings (SSSR count). The number of aromatic nitrogens is 1. The number of hydrogen-bond donors (Lipinski definition) is 1. The molecule has 1 unspecified atom stereocenters. The smallest absolute Gasteiger partial charge is 0.420 e. The zero-order chi connectivity index (χ0) is 27.7. The Morgan fingerprint density at radius 1 is 0.838 bits per heavy atom. The summed E-state index contributed by atoms with van der Waals surface area (Å²) in [5.74, 6) is -1.65. The third-order valence-corrected chi connectivity index (χ3v) is 5.22. The first kappa shape index (κ1) is 29.7. The van der Waals surface area contributed by atoms with E-state index in [1.807, 2.05) is 53.7 Å². The molecule has 10 heteroatoms. The Morgan fingerprint density at radius 3 is 1.86 bits per heavy atom. The van der Waals surface area contributed by atoms with Gasteiger partial charge in [0.15, 0.2) is 6.04 Å². The molecule has 1 atom stereocenters. The standard InChI is InChI=1S/C27H38N2O8/c1-17(2)14-35-24(30)11-20-12-28(22-10-8-7-9-21(20)22)13-23(25(31)32)29(26(33)36-15-18(3)4)27(34)37-16-19(5)6/h7-10,12,17-19,23H,11,13-16H2,1-6H3,(H,31,32). The number of ether oxygens (including phenoxy) is 3. The third kappa shape index (κ3) is 8.80. The number of aliphatic carboxylic acids is 1. The van der Waals surface area contributed by atoms with Crippen LogP contribution in [0.1, 0.15) is 47.1 Å². The number of benzene rings is 1. The second-order valence-electron chi connectivity index (χ2n) is 10.2. The van der Waals surface area contributed by atoms with Gasteiger partial charge in [-0.05, 0) is 29.4 Å². The van der Waals surface area contributed by atoms with E-state index in [2.05, 4.69) is 0 Å². The highest BCUT2D eigenvalue weighted by Gasteiger charge is 2.38. The minimum Gasteiger partial charge on any atom is -0.480 e. The zero-order valence-corrected chi connectivity index (χ0v) is 22.4. The van der Waals surface area contributed by atoms with E-state index < -0.39 is 30.2 Å². The molecule has 10 nitrogen and oxygen atoms in total. The van der Waals surface area contributed by atoms with Crippen LogP contribution in [0.2, 0.25) is 0 Å². The van der Waals surface area contributed by atoms with Gasteiger partial charge in [-0.25, -0.2) is 14.4 Å². The van der Waals surface area contributed by atoms with E-state index in [0.29, 0.717) is 22.6 Å². The monoisotopic (exact) mass is 518 g/mol. The lowest BCUT2D eigenvalue weighted by Gasteiger charge is -2.27. The van der Waals surface area contributed by atoms with E-state index in [1.54, 1.807) is 22.9 Å². The molecule has 2 aromatic rings. The molecular formula is C27H38N2O8. The van der Waals surface area contributed by atoms with Crippen molar-refractivity contribution in [3.8, 4) is 0 Å². The molecule has 0 spiro atoms. The van der Waals surface area contributed by atoms with Crippen LogP contribution in [-0.2, 0) is 36.8 Å². The SMILES string of the molecule is CC(C)COC(=O)Cc1cn(CC(C(=O)O)N(C(=O)OCC(C)C)C(=O)OCC(C)C)c2ccccc12. The predicted molar refractivity (Wildman–Crippen MR) is 137 cm³/mol. The molecule has 1 N–H and O–H groups in total. The van der Waals surface area contributed by atoms with Gasteiger partial charge in [0.2, 0.25) is 0 Å². The summed E-state index contributed by atoms with van der Waals surface area (Å²) < 4.78 is 17.3. The first-order valence-electron chi connectivity index (χ1n) is 12.5. The van der Waals surface area contributed by atoms with Crippen molar-refractivity contribution in [1.82, 2.24) is 9.47 Å². The Balaban J connectivity index is 2.41. The number of amides is 2. The van der Waals surface area contributed by atoms with Crippen LogP contribution in [0, 0.1) is 17.8 Å². The maximum atomic E-state index is 12.9. The number of para-hydroxylation sites is 1. The first-order chi connectivity index (χ1) is 17.4. The summed E-state index contributed by atoms with van der Waals surface area (Å²) in [5, 5.41) is 10.8. The predicted octanol–water partition coefficient (Wildman–Crippen LogP) is 4.72. The fraction of sp³-hybridized carbons (Fsp3) is 0.556. The summed E-state index contributed by atoms with van der Waals surface area (Å²) >= 11 is 0. The average Bonchev–Trinajstić information content (AvgIpc) is 3.16. The molecule has 2 amide bonds. The normalized spacial score (nSPS) is 12.1. The highest BCUT2D eigenvalue weighted by Crippen LogP contribution is 2.24. The fourth-order valence-corrected chi connectivity index (χ4v) is 3.48. The first-order valence-corrected chi connectivity index (χ1v) is 12.5. The summed E-state index contributed by atoms with van der Waals surface area (Å²) in [6.07, 6.45) is -0.546. The number of carbonyl (C=O) groups excluding carboxylic acids is 3. The van der Waals surface area contributed by atoms with Crippen LogP contribution in [0.4, 0.5) is 9.59 Å². The molecule has 0 aliphatic heterocycles. The Kier molecular flexibility index (Phi) is 11.0. The van der Waals surface area contributed by atoms with Gasteiger partial charge in [0, 0.05) is 17.1 Å². The number of nitrogens with zero attached hydrogens (tertiary/aromatic N) is 2. The lowest BCUT2D eigenvalue weighted by molar-refractivity contribution is -0.144. The highest BCUT2D eigenvalue weighted by molar-refractivity contribution is 5.94. The molecule has 0 bridgehead atoms. The van der Waals surface area contributed by atoms with Crippen LogP contribution in [0.25, 0.3) is 10.9 Å². The Bertz CT molecular complexity index is 1070. The van der Waals surface area contributed by atoms with Gasteiger partial charge < -0.3 is 23.9 Å². The summed E-state index contributed by atoms with van der Waals surface area (Å²) in [7, 11) is 0. The Labute approximate surface area is 217 Å². The van der Waals surface area contributed by atoms with Crippen LogP contribution < -0.4 is 0 Å². The van der Waals surface area contributed by atoms with Crippen LogP contribution in [-0.4, -0.2) is 64.6 Å². The number of esters is 1. The maximum Gasteiger partial charge on any atom is 0.420 e. The number of hydrogen-bond acceptors (Lipinski definition) is 7. The number of fused-ring (bicyclic) bond motifs is 1. The minimum atomic E-state index is -1.61. The second-order valence-corrected chi connectivity index (χ2v) is 10.2. The second kappa shape index (κ2) is 13.7. The quantitative estimate of drug-likeness (QED) is 0.316. The van der Waals surface area contributed by atoms with Gasteiger partial charge in [-0.3, -0.25) is 4.79 Å². The van der Waals surface area contributed by atoms with Gasteiger partial charge in [-0.1, -0.05) is 59.7 Å². The molecule has 0 aliphatic carbocycles. The van der Waals surface area contributed by atoms with E-state index in [0.717, 1.165) is 5.39 Å². The van der Waals surface area contributed by atoms with Gasteiger partial charge >= 0.3 is 24.1 Å². The van der Waals surface area contributed by atoms with Gasteiger partial charge in [-0.2, -0.15) is 4.90 Å². The van der Waals surface area contributed by atoms with Crippen molar-refractivity contribution < 1.29 is 38.5 Å². The molecule has 1 heterocycles. The van der Waals surface area contributed by atoms with Gasteiger partial charge in [0.25, 0.3) is 0 Å². The molecule has 0 saturated heterocycles. The molecule has 37 heavy (non-hydrogen) atoms. The molecule has 1 aromatic heterocycles. The van der Waals surface area contributed by atoms with Crippen LogP contribution in [0.15, 0.2) is 30.5 Å². The third-order valence-electron chi connectivity index (χ3n) is 5.22. The molecular weight excluding hydrogens is 480 g/mol. The summed E-state index contributed by atoms with van der Waals surface area (Å²) in [6.45, 7) is 11.2. The van der Waals surface area contributed by atoms with Crippen LogP contribution in [0.3, 0.4) is 0 Å². The Morgan fingerprint density at radius 2 is 1.35 bits per heavy atom. The lowest BCUT2D eigenvalue weighted by atomic mass is 10.1. The summed E-state index contributed by atoms with van der Waals surface area (Å²) in [6, 6.07) is 5.56. The van der Waals surface area contributed by atoms with E-state index in [4.69, 9.17) is 14.2 Å². The van der Waals surface area contributed by atoms with Crippen LogP contribution in [0.5, 0.6) is 0 Å². The molecule has 204 valence electrons. The number of rotatable bonds is 12. The minimum absolute atomic E-state index is 0.00541. The summed E-state index contributed by atoms with van der Waals surface area (Å²) in [5.41, 5.74) is 1.29. The fourth-order valence-electron chi connectivity index (χ4n) is 3.48. The average molecular weight is 519 g/mol. The zero-order valence-electron chi connectivity index (χ0n) is 22.4. The maximum absolute atomic E-state index is 12.9. The van der Waals surface area contributed by atoms with Crippen molar-refractivity contribution in [2.24, 2.45) is 17.8 Å². The van der Waals surface area contributed by atoms with Gasteiger partial charge in [0.1, 0.15) is 0 Å². The lowest BCUT2D eigenvalue weighted by Crippen LogP contribution is -2.51. The number of imide groups is 1. The topological polar surface area (TPSA) is 124 Å². The largest absolute Gasteiger partial charge is 0.480 e. The van der Waals surface area contributed by atoms with Gasteiger partial charge in [0.05, 0.1) is 32.8 Å². The molecule has 0 radical (unpaired) electrons. The van der Waals surface area contributed by atoms with Crippen molar-refractivity contribution in [3.05, 3.63) is 36.0 Å². The van der Waals surface area contributed by atoms with E-state index in [9.17, 15) is 24.3 Å². The summed E-state index contributed by atoms with van der Waals surface area (Å²) in [4.78, 5) is 51.0. The number of carbonyl (C=O) groups is 4. The van der Waals surface area contributed by atoms with Crippen molar-refractivity contribution in [1.29, 1.82) is 0 Å². The molecule has 1 aromatic carbocycles. The van der Waals surface area contributed by atoms with Crippen molar-refractivity contribution in [2.45, 2.75) is 60.5 Å². The van der Waals surface area contributed by atoms with Crippen LogP contribution >= 0.6 is 0 Å². The van der Waals surface area contributed by atoms with Crippen molar-refractivity contribution >= 4 is 35.0 Å². The number of carboxylic acid groups (broad SMARTS) is 1.